The van der Waals surface area contributed by atoms with E-state index in [9.17, 15) is 18.0 Å². The molecule has 0 unspecified atom stereocenters. The summed E-state index contributed by atoms with van der Waals surface area (Å²) in [6, 6.07) is 9.64. The molecule has 8 nitrogen and oxygen atoms in total. The number of fused-ring (bicyclic) bond motifs is 1. The summed E-state index contributed by atoms with van der Waals surface area (Å²) in [7, 11) is 0. The summed E-state index contributed by atoms with van der Waals surface area (Å²) >= 11 is 0. The molecule has 1 aromatic carbocycles. The minimum atomic E-state index is -4.65. The normalized spacial score (nSPS) is 15.3. The average Bonchev–Trinajstić information content (AvgIpc) is 3.12. The number of benzene rings is 1. The fourth-order valence-corrected chi connectivity index (χ4v) is 4.40. The third kappa shape index (κ3) is 5.59. The van der Waals surface area contributed by atoms with E-state index in [1.54, 1.807) is 13.8 Å². The van der Waals surface area contributed by atoms with Crippen LogP contribution >= 0.6 is 0 Å². The maximum Gasteiger partial charge on any atom is 0.453 e. The fraction of sp³-hybridized carbons (Fsp3) is 0.458. The Labute approximate surface area is 201 Å². The molecule has 2 aromatic heterocycles. The van der Waals surface area contributed by atoms with Crippen LogP contribution in [0.3, 0.4) is 0 Å². The van der Waals surface area contributed by atoms with E-state index in [0.717, 1.165) is 36.1 Å². The molecule has 4 rings (SSSR count). The highest BCUT2D eigenvalue weighted by molar-refractivity contribution is 5.76. The molecular formula is C24H26F3N7O. The van der Waals surface area contributed by atoms with E-state index in [2.05, 4.69) is 26.0 Å². The van der Waals surface area contributed by atoms with Gasteiger partial charge in [-0.2, -0.15) is 23.4 Å². The Balaban J connectivity index is 1.37. The van der Waals surface area contributed by atoms with Gasteiger partial charge in [-0.3, -0.25) is 9.69 Å². The molecule has 0 bridgehead atoms. The van der Waals surface area contributed by atoms with Crippen LogP contribution in [0.2, 0.25) is 0 Å². The maximum absolute atomic E-state index is 13.0. The first-order valence-electron chi connectivity index (χ1n) is 11.4. The number of aromatic nitrogens is 4. The Kier molecular flexibility index (Phi) is 7.03. The molecule has 184 valence electrons. The highest BCUT2D eigenvalue weighted by Crippen LogP contribution is 2.27. The number of aryl methyl sites for hydroxylation is 2. The lowest BCUT2D eigenvalue weighted by Crippen LogP contribution is -2.35. The van der Waals surface area contributed by atoms with Crippen molar-refractivity contribution in [3.63, 3.8) is 0 Å². The predicted molar refractivity (Wildman–Crippen MR) is 121 cm³/mol. The zero-order valence-electron chi connectivity index (χ0n) is 19.6. The van der Waals surface area contributed by atoms with Crippen molar-refractivity contribution in [2.75, 3.05) is 26.2 Å². The maximum atomic E-state index is 13.0. The van der Waals surface area contributed by atoms with E-state index in [-0.39, 0.29) is 18.1 Å². The molecule has 0 saturated carbocycles. The van der Waals surface area contributed by atoms with Crippen LogP contribution in [0, 0.1) is 25.2 Å². The van der Waals surface area contributed by atoms with Crippen molar-refractivity contribution in [1.82, 2.24) is 29.4 Å². The molecule has 0 aliphatic carbocycles. The third-order valence-electron chi connectivity index (χ3n) is 6.32. The number of hydrogen-bond acceptors (Lipinski definition) is 6. The van der Waals surface area contributed by atoms with Gasteiger partial charge in [-0.25, -0.2) is 9.50 Å². The number of carbonyl (C=O) groups is 1. The third-order valence-corrected chi connectivity index (χ3v) is 6.32. The SMILES string of the molecule is Cc1nc2nc(C(F)(F)F)nn2c(C)c1CCC(=O)N1CCCN(Cc2ccc(C#N)cc2)CC1. The van der Waals surface area contributed by atoms with Crippen LogP contribution in [-0.2, 0) is 23.9 Å². The summed E-state index contributed by atoms with van der Waals surface area (Å²) in [5.41, 5.74) is 3.52. The number of amides is 1. The molecule has 1 saturated heterocycles. The summed E-state index contributed by atoms with van der Waals surface area (Å²) in [5, 5.41) is 12.5. The largest absolute Gasteiger partial charge is 0.453 e. The molecule has 0 atom stereocenters. The molecule has 3 heterocycles. The predicted octanol–water partition coefficient (Wildman–Crippen LogP) is 3.30. The molecule has 1 aliphatic rings. The van der Waals surface area contributed by atoms with Gasteiger partial charge in [0.1, 0.15) is 0 Å². The van der Waals surface area contributed by atoms with Gasteiger partial charge in [0.15, 0.2) is 0 Å². The molecular weight excluding hydrogens is 459 g/mol. The van der Waals surface area contributed by atoms with Crippen molar-refractivity contribution in [1.29, 1.82) is 5.26 Å². The molecule has 35 heavy (non-hydrogen) atoms. The highest BCUT2D eigenvalue weighted by Gasteiger charge is 2.37. The van der Waals surface area contributed by atoms with Gasteiger partial charge in [0, 0.05) is 50.5 Å². The molecule has 0 N–H and O–H groups in total. The topological polar surface area (TPSA) is 90.4 Å². The lowest BCUT2D eigenvalue weighted by molar-refractivity contribution is -0.144. The van der Waals surface area contributed by atoms with E-state index in [1.165, 1.54) is 0 Å². The summed E-state index contributed by atoms with van der Waals surface area (Å²) in [5.74, 6) is -1.31. The fourth-order valence-electron chi connectivity index (χ4n) is 4.40. The number of rotatable bonds is 5. The quantitative estimate of drug-likeness (QED) is 0.551. The van der Waals surface area contributed by atoms with E-state index < -0.39 is 12.0 Å². The highest BCUT2D eigenvalue weighted by atomic mass is 19.4. The second kappa shape index (κ2) is 10.00. The molecule has 0 radical (unpaired) electrons. The van der Waals surface area contributed by atoms with Gasteiger partial charge in [-0.1, -0.05) is 12.1 Å². The van der Waals surface area contributed by atoms with Gasteiger partial charge in [0.25, 0.3) is 11.6 Å². The van der Waals surface area contributed by atoms with Gasteiger partial charge in [0.2, 0.25) is 5.91 Å². The van der Waals surface area contributed by atoms with Crippen LogP contribution in [0.5, 0.6) is 0 Å². The molecule has 1 fully saturated rings. The lowest BCUT2D eigenvalue weighted by atomic mass is 10.1. The van der Waals surface area contributed by atoms with Gasteiger partial charge < -0.3 is 4.90 Å². The van der Waals surface area contributed by atoms with Gasteiger partial charge in [-0.05, 0) is 49.9 Å². The Bertz CT molecular complexity index is 1260. The Morgan fingerprint density at radius 1 is 1.09 bits per heavy atom. The van der Waals surface area contributed by atoms with Crippen LogP contribution in [-0.4, -0.2) is 61.5 Å². The Morgan fingerprint density at radius 3 is 2.51 bits per heavy atom. The number of nitriles is 1. The molecule has 11 heteroatoms. The number of carbonyl (C=O) groups excluding carboxylic acids is 1. The minimum absolute atomic E-state index is 0.0127. The Hall–Kier alpha value is -3.52. The van der Waals surface area contributed by atoms with Crippen LogP contribution in [0.15, 0.2) is 24.3 Å². The molecule has 1 aliphatic heterocycles. The smallest absolute Gasteiger partial charge is 0.341 e. The van der Waals surface area contributed by atoms with Crippen LogP contribution in [0.25, 0.3) is 5.78 Å². The van der Waals surface area contributed by atoms with Crippen molar-refractivity contribution in [3.05, 3.63) is 58.2 Å². The summed E-state index contributed by atoms with van der Waals surface area (Å²) in [6.07, 6.45) is -3.19. The second-order valence-electron chi connectivity index (χ2n) is 8.73. The van der Waals surface area contributed by atoms with Gasteiger partial charge in [-0.15, -0.1) is 5.10 Å². The van der Waals surface area contributed by atoms with E-state index in [0.29, 0.717) is 42.0 Å². The first kappa shape index (κ1) is 24.6. The summed E-state index contributed by atoms with van der Waals surface area (Å²) < 4.78 is 40.1. The Morgan fingerprint density at radius 2 is 1.83 bits per heavy atom. The monoisotopic (exact) mass is 485 g/mol. The zero-order chi connectivity index (χ0) is 25.2. The van der Waals surface area contributed by atoms with Gasteiger partial charge >= 0.3 is 6.18 Å². The summed E-state index contributed by atoms with van der Waals surface area (Å²) in [6.45, 7) is 7.03. The molecule has 1 amide bonds. The number of alkyl halides is 3. The van der Waals surface area contributed by atoms with Crippen LogP contribution in [0.4, 0.5) is 13.2 Å². The molecule has 3 aromatic rings. The van der Waals surface area contributed by atoms with Crippen molar-refractivity contribution in [2.24, 2.45) is 0 Å². The molecule has 0 spiro atoms. The number of nitrogens with zero attached hydrogens (tertiary/aromatic N) is 7. The van der Waals surface area contributed by atoms with E-state index in [1.807, 2.05) is 29.2 Å². The standard InChI is InChI=1S/C24H26F3N7O/c1-16-20(17(2)34-23(29-16)30-22(31-34)24(25,26)27)8-9-21(35)33-11-3-10-32(12-13-33)15-19-6-4-18(14-28)5-7-19/h4-7H,3,8-13,15H2,1-2H3. The first-order chi connectivity index (χ1) is 16.7. The minimum Gasteiger partial charge on any atom is -0.341 e. The summed E-state index contributed by atoms with van der Waals surface area (Å²) in [4.78, 5) is 24.8. The van der Waals surface area contributed by atoms with Crippen molar-refractivity contribution in [3.8, 4) is 6.07 Å². The van der Waals surface area contributed by atoms with Crippen molar-refractivity contribution >= 4 is 11.7 Å². The zero-order valence-corrected chi connectivity index (χ0v) is 19.6. The lowest BCUT2D eigenvalue weighted by Gasteiger charge is -2.22. The van der Waals surface area contributed by atoms with Crippen molar-refractivity contribution in [2.45, 2.75) is 45.8 Å². The van der Waals surface area contributed by atoms with E-state index >= 15 is 0 Å². The average molecular weight is 486 g/mol. The number of halogens is 3. The first-order valence-corrected chi connectivity index (χ1v) is 11.4. The van der Waals surface area contributed by atoms with Crippen LogP contribution in [0.1, 0.15) is 46.7 Å². The van der Waals surface area contributed by atoms with Crippen LogP contribution < -0.4 is 0 Å². The van der Waals surface area contributed by atoms with Gasteiger partial charge in [0.05, 0.1) is 11.6 Å². The number of hydrogen-bond donors (Lipinski definition) is 0. The second-order valence-corrected chi connectivity index (χ2v) is 8.73. The van der Waals surface area contributed by atoms with E-state index in [4.69, 9.17) is 5.26 Å². The van der Waals surface area contributed by atoms with Crippen molar-refractivity contribution < 1.29 is 18.0 Å².